The highest BCUT2D eigenvalue weighted by atomic mass is 127. The standard InChI is InChI=1S/C22H17IO/c1-24-14-17-11-10-15-6-2-5-9-20(15)22(17)21-13-18(23)12-16-7-3-4-8-19(16)21/h2-13H,14H2,1H3. The summed E-state index contributed by atoms with van der Waals surface area (Å²) in [5, 5.41) is 5.09. The third kappa shape index (κ3) is 2.70. The van der Waals surface area contributed by atoms with Crippen molar-refractivity contribution in [1.82, 2.24) is 0 Å². The minimum atomic E-state index is 0.611. The van der Waals surface area contributed by atoms with Crippen molar-refractivity contribution in [3.63, 3.8) is 0 Å². The van der Waals surface area contributed by atoms with Crippen molar-refractivity contribution < 1.29 is 4.74 Å². The fourth-order valence-corrected chi connectivity index (χ4v) is 4.04. The molecule has 118 valence electrons. The van der Waals surface area contributed by atoms with Crippen molar-refractivity contribution >= 4 is 44.1 Å². The van der Waals surface area contributed by atoms with Crippen molar-refractivity contribution in [3.8, 4) is 11.1 Å². The smallest absolute Gasteiger partial charge is 0.0719 e. The van der Waals surface area contributed by atoms with Crippen LogP contribution in [0.25, 0.3) is 32.7 Å². The van der Waals surface area contributed by atoms with E-state index >= 15 is 0 Å². The summed E-state index contributed by atoms with van der Waals surface area (Å²) in [5.41, 5.74) is 3.79. The van der Waals surface area contributed by atoms with Gasteiger partial charge in [-0.05, 0) is 73.0 Å². The van der Waals surface area contributed by atoms with Crippen LogP contribution in [0, 0.1) is 3.57 Å². The molecule has 0 fully saturated rings. The van der Waals surface area contributed by atoms with Crippen LogP contribution >= 0.6 is 22.6 Å². The van der Waals surface area contributed by atoms with Crippen LogP contribution in [0.4, 0.5) is 0 Å². The van der Waals surface area contributed by atoms with Gasteiger partial charge in [-0.1, -0.05) is 60.7 Å². The first-order chi connectivity index (χ1) is 11.8. The van der Waals surface area contributed by atoms with E-state index in [0.29, 0.717) is 6.61 Å². The number of ether oxygens (including phenoxy) is 1. The number of benzene rings is 4. The van der Waals surface area contributed by atoms with Crippen LogP contribution in [0.3, 0.4) is 0 Å². The largest absolute Gasteiger partial charge is 0.380 e. The van der Waals surface area contributed by atoms with Crippen LogP contribution in [0.15, 0.2) is 72.8 Å². The summed E-state index contributed by atoms with van der Waals surface area (Å²) in [6, 6.07) is 26.1. The van der Waals surface area contributed by atoms with Gasteiger partial charge >= 0.3 is 0 Å². The maximum Gasteiger partial charge on any atom is 0.0719 e. The molecule has 0 heterocycles. The monoisotopic (exact) mass is 424 g/mol. The van der Waals surface area contributed by atoms with Gasteiger partial charge in [-0.2, -0.15) is 0 Å². The number of hydrogen-bond acceptors (Lipinski definition) is 1. The molecule has 0 unspecified atom stereocenters. The summed E-state index contributed by atoms with van der Waals surface area (Å²) in [4.78, 5) is 0. The predicted octanol–water partition coefficient (Wildman–Crippen LogP) is 6.41. The van der Waals surface area contributed by atoms with Gasteiger partial charge in [-0.15, -0.1) is 0 Å². The highest BCUT2D eigenvalue weighted by Crippen LogP contribution is 2.38. The molecule has 4 rings (SSSR count). The molecular formula is C22H17IO. The average molecular weight is 424 g/mol. The number of fused-ring (bicyclic) bond motifs is 2. The summed E-state index contributed by atoms with van der Waals surface area (Å²) in [6.45, 7) is 0.611. The lowest BCUT2D eigenvalue weighted by molar-refractivity contribution is 0.185. The SMILES string of the molecule is COCc1ccc2ccccc2c1-c1cc(I)cc2ccccc12. The van der Waals surface area contributed by atoms with Gasteiger partial charge in [-0.3, -0.25) is 0 Å². The Bertz CT molecular complexity index is 1040. The Morgan fingerprint density at radius 1 is 0.792 bits per heavy atom. The number of methoxy groups -OCH3 is 1. The van der Waals surface area contributed by atoms with E-state index in [4.69, 9.17) is 4.74 Å². The van der Waals surface area contributed by atoms with E-state index in [1.54, 1.807) is 7.11 Å². The first-order valence-electron chi connectivity index (χ1n) is 7.96. The van der Waals surface area contributed by atoms with E-state index in [0.717, 1.165) is 0 Å². The molecule has 0 atom stereocenters. The molecular weight excluding hydrogens is 407 g/mol. The third-order valence-corrected chi connectivity index (χ3v) is 5.03. The van der Waals surface area contributed by atoms with Crippen molar-refractivity contribution in [3.05, 3.63) is 81.9 Å². The van der Waals surface area contributed by atoms with Crippen LogP contribution in [-0.2, 0) is 11.3 Å². The highest BCUT2D eigenvalue weighted by Gasteiger charge is 2.13. The van der Waals surface area contributed by atoms with Gasteiger partial charge in [-0.25, -0.2) is 0 Å². The summed E-state index contributed by atoms with van der Waals surface area (Å²) in [6.07, 6.45) is 0. The second-order valence-electron chi connectivity index (χ2n) is 5.93. The molecule has 0 aliphatic carbocycles. The Hall–Kier alpha value is -1.91. The van der Waals surface area contributed by atoms with Crippen LogP contribution < -0.4 is 0 Å². The van der Waals surface area contributed by atoms with Crippen LogP contribution in [0.5, 0.6) is 0 Å². The molecule has 0 aliphatic rings. The number of hydrogen-bond donors (Lipinski definition) is 0. The molecule has 2 heteroatoms. The summed E-state index contributed by atoms with van der Waals surface area (Å²) >= 11 is 2.41. The number of rotatable bonds is 3. The Balaban J connectivity index is 2.15. The quantitative estimate of drug-likeness (QED) is 0.346. The highest BCUT2D eigenvalue weighted by molar-refractivity contribution is 14.1. The Morgan fingerprint density at radius 3 is 2.29 bits per heavy atom. The zero-order valence-corrected chi connectivity index (χ0v) is 15.6. The van der Waals surface area contributed by atoms with E-state index in [2.05, 4.69) is 95.4 Å². The Labute approximate surface area is 155 Å². The van der Waals surface area contributed by atoms with E-state index in [1.165, 1.54) is 41.8 Å². The summed E-state index contributed by atoms with van der Waals surface area (Å²) in [5.74, 6) is 0. The van der Waals surface area contributed by atoms with Gasteiger partial charge in [0.15, 0.2) is 0 Å². The topological polar surface area (TPSA) is 9.23 Å². The fraction of sp³-hybridized carbons (Fsp3) is 0.0909. The zero-order valence-electron chi connectivity index (χ0n) is 13.4. The molecule has 0 spiro atoms. The maximum absolute atomic E-state index is 5.48. The molecule has 0 bridgehead atoms. The van der Waals surface area contributed by atoms with Gasteiger partial charge < -0.3 is 4.74 Å². The Kier molecular flexibility index (Phi) is 4.25. The van der Waals surface area contributed by atoms with Crippen molar-refractivity contribution in [1.29, 1.82) is 0 Å². The lowest BCUT2D eigenvalue weighted by Crippen LogP contribution is -1.95. The molecule has 4 aromatic carbocycles. The first-order valence-corrected chi connectivity index (χ1v) is 9.04. The number of halogens is 1. The molecule has 4 aromatic rings. The van der Waals surface area contributed by atoms with E-state index in [9.17, 15) is 0 Å². The molecule has 24 heavy (non-hydrogen) atoms. The lowest BCUT2D eigenvalue weighted by Gasteiger charge is -2.16. The summed E-state index contributed by atoms with van der Waals surface area (Å²) < 4.78 is 6.73. The molecule has 0 aromatic heterocycles. The molecule has 1 nitrogen and oxygen atoms in total. The van der Waals surface area contributed by atoms with Gasteiger partial charge in [0.25, 0.3) is 0 Å². The van der Waals surface area contributed by atoms with Crippen molar-refractivity contribution in [2.75, 3.05) is 7.11 Å². The molecule has 0 saturated carbocycles. The molecule has 0 saturated heterocycles. The second-order valence-corrected chi connectivity index (χ2v) is 7.17. The first kappa shape index (κ1) is 15.6. The van der Waals surface area contributed by atoms with Crippen molar-refractivity contribution in [2.45, 2.75) is 6.61 Å². The van der Waals surface area contributed by atoms with Crippen LogP contribution in [-0.4, -0.2) is 7.11 Å². The van der Waals surface area contributed by atoms with Gasteiger partial charge in [0.1, 0.15) is 0 Å². The van der Waals surface area contributed by atoms with E-state index in [1.807, 2.05) is 0 Å². The lowest BCUT2D eigenvalue weighted by atomic mass is 9.90. The van der Waals surface area contributed by atoms with Crippen molar-refractivity contribution in [2.24, 2.45) is 0 Å². The zero-order chi connectivity index (χ0) is 16.5. The minimum Gasteiger partial charge on any atom is -0.380 e. The minimum absolute atomic E-state index is 0.611. The van der Waals surface area contributed by atoms with E-state index in [-0.39, 0.29) is 0 Å². The third-order valence-electron chi connectivity index (χ3n) is 4.41. The van der Waals surface area contributed by atoms with Gasteiger partial charge in [0, 0.05) is 10.7 Å². The average Bonchev–Trinajstić information content (AvgIpc) is 2.61. The summed E-state index contributed by atoms with van der Waals surface area (Å²) in [7, 11) is 1.76. The van der Waals surface area contributed by atoms with Crippen LogP contribution in [0.2, 0.25) is 0 Å². The second kappa shape index (κ2) is 6.54. The molecule has 0 radical (unpaired) electrons. The molecule has 0 aliphatic heterocycles. The van der Waals surface area contributed by atoms with Gasteiger partial charge in [0.2, 0.25) is 0 Å². The predicted molar refractivity (Wildman–Crippen MR) is 110 cm³/mol. The fourth-order valence-electron chi connectivity index (χ4n) is 3.39. The molecule has 0 amide bonds. The van der Waals surface area contributed by atoms with E-state index < -0.39 is 0 Å². The Morgan fingerprint density at radius 2 is 1.50 bits per heavy atom. The van der Waals surface area contributed by atoms with Gasteiger partial charge in [0.05, 0.1) is 6.61 Å². The normalized spacial score (nSPS) is 11.2. The van der Waals surface area contributed by atoms with Crippen LogP contribution in [0.1, 0.15) is 5.56 Å². The maximum atomic E-state index is 5.48. The molecule has 0 N–H and O–H groups in total.